The van der Waals surface area contributed by atoms with E-state index in [4.69, 9.17) is 0 Å². The fourth-order valence-electron chi connectivity index (χ4n) is 2.09. The van der Waals surface area contributed by atoms with Crippen molar-refractivity contribution >= 4 is 29.7 Å². The normalized spacial score (nSPS) is 11.2. The molecule has 0 aliphatic heterocycles. The van der Waals surface area contributed by atoms with Gasteiger partial charge in [0.2, 0.25) is 5.16 Å². The van der Waals surface area contributed by atoms with E-state index in [2.05, 4.69) is 25.6 Å². The molecule has 0 saturated heterocycles. The first kappa shape index (κ1) is 16.1. The second-order valence-corrected chi connectivity index (χ2v) is 6.08. The van der Waals surface area contributed by atoms with Crippen LogP contribution in [0.3, 0.4) is 0 Å². The van der Waals surface area contributed by atoms with Gasteiger partial charge in [0.25, 0.3) is 11.7 Å². The number of aromatic nitrogens is 4. The van der Waals surface area contributed by atoms with Crippen LogP contribution in [0.4, 0.5) is 0 Å². The number of nitrogens with one attached hydrogen (secondary N) is 1. The van der Waals surface area contributed by atoms with E-state index in [1.165, 1.54) is 11.8 Å². The molecule has 1 N–H and O–H groups in total. The quantitative estimate of drug-likeness (QED) is 0.436. The average molecular weight is 340 g/mol. The first-order valence-electron chi connectivity index (χ1n) is 7.32. The molecule has 0 aliphatic carbocycles. The highest BCUT2D eigenvalue weighted by atomic mass is 32.2. The van der Waals surface area contributed by atoms with Gasteiger partial charge in [0.15, 0.2) is 0 Å². The summed E-state index contributed by atoms with van der Waals surface area (Å²) in [6.45, 7) is 3.85. The molecule has 0 fully saturated rings. The number of benzene rings is 1. The molecule has 122 valence electrons. The van der Waals surface area contributed by atoms with Crippen molar-refractivity contribution in [1.29, 1.82) is 0 Å². The number of rotatable bonds is 5. The lowest BCUT2D eigenvalue weighted by atomic mass is 10.2. The molecule has 3 aromatic rings. The van der Waals surface area contributed by atoms with Crippen LogP contribution in [0.1, 0.15) is 17.0 Å². The maximum atomic E-state index is 11.8. The summed E-state index contributed by atoms with van der Waals surface area (Å²) >= 11 is 1.25. The van der Waals surface area contributed by atoms with Crippen molar-refractivity contribution in [2.75, 3.05) is 5.75 Å². The molecule has 0 radical (unpaired) electrons. The largest absolute Gasteiger partial charge is 0.272 e. The third kappa shape index (κ3) is 3.96. The third-order valence-electron chi connectivity index (χ3n) is 3.13. The van der Waals surface area contributed by atoms with Gasteiger partial charge in [-0.05, 0) is 25.5 Å². The Bertz CT molecular complexity index is 890. The van der Waals surface area contributed by atoms with Gasteiger partial charge in [-0.1, -0.05) is 42.1 Å². The van der Waals surface area contributed by atoms with Crippen LogP contribution in [0.25, 0.3) is 5.78 Å². The summed E-state index contributed by atoms with van der Waals surface area (Å²) in [5.41, 5.74) is 5.25. The van der Waals surface area contributed by atoms with Gasteiger partial charge >= 0.3 is 0 Å². The molecule has 0 atom stereocenters. The van der Waals surface area contributed by atoms with Crippen molar-refractivity contribution in [3.8, 4) is 0 Å². The van der Waals surface area contributed by atoms with E-state index < -0.39 is 0 Å². The summed E-state index contributed by atoms with van der Waals surface area (Å²) in [6, 6.07) is 11.5. The molecular formula is C16H16N6OS. The Hall–Kier alpha value is -2.74. The minimum absolute atomic E-state index is 0.182. The van der Waals surface area contributed by atoms with Gasteiger partial charge < -0.3 is 0 Å². The van der Waals surface area contributed by atoms with Crippen molar-refractivity contribution < 1.29 is 4.79 Å². The highest BCUT2D eigenvalue weighted by Gasteiger charge is 2.10. The van der Waals surface area contributed by atoms with E-state index in [0.717, 1.165) is 17.0 Å². The predicted molar refractivity (Wildman–Crippen MR) is 93.2 cm³/mol. The van der Waals surface area contributed by atoms with Crippen molar-refractivity contribution in [2.24, 2.45) is 5.10 Å². The summed E-state index contributed by atoms with van der Waals surface area (Å²) in [5, 5.41) is 8.78. The van der Waals surface area contributed by atoms with E-state index in [0.29, 0.717) is 10.9 Å². The lowest BCUT2D eigenvalue weighted by Gasteiger charge is -1.97. The topological polar surface area (TPSA) is 84.5 Å². The van der Waals surface area contributed by atoms with Crippen LogP contribution in [0, 0.1) is 13.8 Å². The number of thioether (sulfide) groups is 1. The Balaban J connectivity index is 1.56. The average Bonchev–Trinajstić information content (AvgIpc) is 2.97. The van der Waals surface area contributed by atoms with Crippen molar-refractivity contribution in [3.05, 3.63) is 53.3 Å². The summed E-state index contributed by atoms with van der Waals surface area (Å²) < 4.78 is 1.67. The van der Waals surface area contributed by atoms with Crippen LogP contribution in [-0.4, -0.2) is 37.5 Å². The highest BCUT2D eigenvalue weighted by molar-refractivity contribution is 7.99. The molecule has 0 saturated carbocycles. The maximum absolute atomic E-state index is 11.8. The Morgan fingerprint density at radius 1 is 1.29 bits per heavy atom. The number of aryl methyl sites for hydroxylation is 2. The number of fused-ring (bicyclic) bond motifs is 1. The van der Waals surface area contributed by atoms with E-state index >= 15 is 0 Å². The number of hydrazone groups is 1. The third-order valence-corrected chi connectivity index (χ3v) is 3.97. The van der Waals surface area contributed by atoms with E-state index in [9.17, 15) is 4.79 Å². The first-order chi connectivity index (χ1) is 11.6. The predicted octanol–water partition coefficient (Wildman–Crippen LogP) is 1.98. The van der Waals surface area contributed by atoms with Crippen molar-refractivity contribution in [3.63, 3.8) is 0 Å². The lowest BCUT2D eigenvalue weighted by Crippen LogP contribution is -2.19. The molecule has 8 heteroatoms. The molecule has 2 aromatic heterocycles. The summed E-state index contributed by atoms with van der Waals surface area (Å²) in [7, 11) is 0. The zero-order valence-corrected chi connectivity index (χ0v) is 14.1. The van der Waals surface area contributed by atoms with Gasteiger partial charge in [0.1, 0.15) is 0 Å². The molecule has 2 heterocycles. The van der Waals surface area contributed by atoms with Gasteiger partial charge in [-0.2, -0.15) is 10.1 Å². The summed E-state index contributed by atoms with van der Waals surface area (Å²) in [6.07, 6.45) is 1.60. The number of carbonyl (C=O) groups excluding carboxylic acids is 1. The van der Waals surface area contributed by atoms with Crippen LogP contribution in [0.2, 0.25) is 0 Å². The Morgan fingerprint density at radius 2 is 2.08 bits per heavy atom. The van der Waals surface area contributed by atoms with Gasteiger partial charge in [0.05, 0.1) is 12.0 Å². The van der Waals surface area contributed by atoms with E-state index in [-0.39, 0.29) is 11.7 Å². The molecule has 24 heavy (non-hydrogen) atoms. The monoisotopic (exact) mass is 340 g/mol. The summed E-state index contributed by atoms with van der Waals surface area (Å²) in [5.74, 6) is 0.505. The highest BCUT2D eigenvalue weighted by Crippen LogP contribution is 2.14. The van der Waals surface area contributed by atoms with Crippen LogP contribution in [0.15, 0.2) is 46.7 Å². The number of nitrogens with zero attached hydrogens (tertiary/aromatic N) is 5. The van der Waals surface area contributed by atoms with Gasteiger partial charge in [-0.15, -0.1) is 5.10 Å². The van der Waals surface area contributed by atoms with Crippen LogP contribution in [0.5, 0.6) is 0 Å². The molecule has 0 spiro atoms. The van der Waals surface area contributed by atoms with Crippen LogP contribution in [-0.2, 0) is 4.79 Å². The smallest absolute Gasteiger partial charge is 0.253 e. The SMILES string of the molecule is Cc1cc(C)n2nc(SCC(=O)N/N=C/c3ccccc3)nc2n1. The van der Waals surface area contributed by atoms with Crippen molar-refractivity contribution in [1.82, 2.24) is 25.0 Å². The number of hydrogen-bond acceptors (Lipinski definition) is 6. The van der Waals surface area contributed by atoms with E-state index in [1.807, 2.05) is 50.2 Å². The number of hydrogen-bond donors (Lipinski definition) is 1. The fourth-order valence-corrected chi connectivity index (χ4v) is 2.70. The van der Waals surface area contributed by atoms with Gasteiger partial charge in [-0.3, -0.25) is 4.79 Å². The maximum Gasteiger partial charge on any atom is 0.253 e. The zero-order valence-electron chi connectivity index (χ0n) is 13.3. The number of amides is 1. The molecule has 0 bridgehead atoms. The Labute approximate surface area is 143 Å². The minimum atomic E-state index is -0.216. The van der Waals surface area contributed by atoms with Crippen LogP contribution < -0.4 is 5.43 Å². The van der Waals surface area contributed by atoms with Gasteiger partial charge in [0, 0.05) is 11.4 Å². The second-order valence-electron chi connectivity index (χ2n) is 5.14. The molecular weight excluding hydrogens is 324 g/mol. The Kier molecular flexibility index (Phi) is 4.85. The lowest BCUT2D eigenvalue weighted by molar-refractivity contribution is -0.118. The zero-order chi connectivity index (χ0) is 16.9. The Morgan fingerprint density at radius 3 is 2.88 bits per heavy atom. The van der Waals surface area contributed by atoms with E-state index in [1.54, 1.807) is 10.7 Å². The standard InChI is InChI=1S/C16H16N6OS/c1-11-8-12(2)22-15(18-11)19-16(21-22)24-10-14(23)20-17-9-13-6-4-3-5-7-13/h3-9H,10H2,1-2H3,(H,20,23)/b17-9+. The van der Waals surface area contributed by atoms with Crippen LogP contribution >= 0.6 is 11.8 Å². The molecule has 0 unspecified atom stereocenters. The molecule has 1 amide bonds. The molecule has 0 aliphatic rings. The molecule has 7 nitrogen and oxygen atoms in total. The fraction of sp³-hybridized carbons (Fsp3) is 0.188. The molecule has 3 rings (SSSR count). The number of carbonyl (C=O) groups is 1. The molecule has 1 aromatic carbocycles. The first-order valence-corrected chi connectivity index (χ1v) is 8.31. The summed E-state index contributed by atoms with van der Waals surface area (Å²) in [4.78, 5) is 20.5. The minimum Gasteiger partial charge on any atom is -0.272 e. The van der Waals surface area contributed by atoms with Crippen molar-refractivity contribution in [2.45, 2.75) is 19.0 Å². The van der Waals surface area contributed by atoms with Gasteiger partial charge in [-0.25, -0.2) is 14.9 Å². The second kappa shape index (κ2) is 7.22.